The van der Waals surface area contributed by atoms with E-state index in [1.165, 1.54) is 51.1 Å². The fraction of sp³-hybridized carbons (Fsp3) is 0.688. The third-order valence-corrected chi connectivity index (χ3v) is 4.49. The fourth-order valence-corrected chi connectivity index (χ4v) is 3.35. The van der Waals surface area contributed by atoms with Gasteiger partial charge in [0.2, 0.25) is 0 Å². The molecule has 0 aliphatic carbocycles. The highest BCUT2D eigenvalue weighted by Gasteiger charge is 2.29. The maximum atomic E-state index is 4.39. The minimum absolute atomic E-state index is 0.754. The topological polar surface area (TPSA) is 31.4 Å². The highest BCUT2D eigenvalue weighted by molar-refractivity contribution is 5.56. The second-order valence-corrected chi connectivity index (χ2v) is 5.99. The van der Waals surface area contributed by atoms with E-state index in [0.29, 0.717) is 0 Å². The zero-order valence-electron chi connectivity index (χ0n) is 12.5. The molecule has 4 nitrogen and oxygen atoms in total. The molecule has 2 aliphatic heterocycles. The first-order valence-electron chi connectivity index (χ1n) is 8.04. The van der Waals surface area contributed by atoms with Crippen LogP contribution >= 0.6 is 0 Å². The summed E-state index contributed by atoms with van der Waals surface area (Å²) in [5.74, 6) is 0. The van der Waals surface area contributed by atoms with Crippen LogP contribution in [0.2, 0.25) is 0 Å². The van der Waals surface area contributed by atoms with Gasteiger partial charge in [-0.2, -0.15) is 0 Å². The predicted octanol–water partition coefficient (Wildman–Crippen LogP) is 2.58. The molecule has 3 heterocycles. The Bertz CT molecular complexity index is 428. The van der Waals surface area contributed by atoms with Gasteiger partial charge in [-0.05, 0) is 44.8 Å². The van der Waals surface area contributed by atoms with Crippen LogP contribution in [0, 0.1) is 0 Å². The van der Waals surface area contributed by atoms with E-state index in [9.17, 15) is 0 Å². The minimum Gasteiger partial charge on any atom is -0.384 e. The summed E-state index contributed by atoms with van der Waals surface area (Å²) in [7, 11) is 0. The Balaban J connectivity index is 1.61. The van der Waals surface area contributed by atoms with Crippen LogP contribution in [0.5, 0.6) is 0 Å². The molecule has 1 unspecified atom stereocenters. The molecule has 1 N–H and O–H groups in total. The van der Waals surface area contributed by atoms with Gasteiger partial charge in [-0.1, -0.05) is 6.92 Å². The quantitative estimate of drug-likeness (QED) is 0.894. The lowest BCUT2D eigenvalue weighted by Gasteiger charge is -2.24. The maximum absolute atomic E-state index is 4.39. The number of hydrogen-bond acceptors (Lipinski definition) is 4. The van der Waals surface area contributed by atoms with Gasteiger partial charge in [0.1, 0.15) is 0 Å². The first kappa shape index (κ1) is 13.7. The molecule has 2 saturated heterocycles. The summed E-state index contributed by atoms with van der Waals surface area (Å²) in [4.78, 5) is 9.55. The molecule has 20 heavy (non-hydrogen) atoms. The lowest BCUT2D eigenvalue weighted by atomic mass is 10.2. The molecule has 1 aromatic rings. The van der Waals surface area contributed by atoms with E-state index >= 15 is 0 Å². The summed E-state index contributed by atoms with van der Waals surface area (Å²) in [6.07, 6.45) is 9.14. The zero-order chi connectivity index (χ0) is 13.8. The fourth-order valence-electron chi connectivity index (χ4n) is 3.35. The van der Waals surface area contributed by atoms with Crippen molar-refractivity contribution in [2.45, 2.75) is 38.6 Å². The third kappa shape index (κ3) is 3.06. The summed E-state index contributed by atoms with van der Waals surface area (Å²) in [6.45, 7) is 8.13. The van der Waals surface area contributed by atoms with Gasteiger partial charge in [0.15, 0.2) is 0 Å². The number of nitrogens with one attached hydrogen (secondary N) is 1. The summed E-state index contributed by atoms with van der Waals surface area (Å²) in [6, 6.07) is 3.00. The Labute approximate surface area is 122 Å². The summed E-state index contributed by atoms with van der Waals surface area (Å²) < 4.78 is 0. The summed E-state index contributed by atoms with van der Waals surface area (Å²) in [5.41, 5.74) is 2.42. The minimum atomic E-state index is 0.754. The van der Waals surface area contributed by atoms with Crippen LogP contribution in [0.25, 0.3) is 0 Å². The Hall–Kier alpha value is -1.29. The predicted molar refractivity (Wildman–Crippen MR) is 84.4 cm³/mol. The molecular weight excluding hydrogens is 248 g/mol. The van der Waals surface area contributed by atoms with Gasteiger partial charge in [-0.15, -0.1) is 0 Å². The third-order valence-electron chi connectivity index (χ3n) is 4.49. The van der Waals surface area contributed by atoms with E-state index in [1.807, 2.05) is 12.4 Å². The van der Waals surface area contributed by atoms with E-state index in [1.54, 1.807) is 0 Å². The van der Waals surface area contributed by atoms with Crippen molar-refractivity contribution in [3.05, 3.63) is 18.5 Å². The van der Waals surface area contributed by atoms with E-state index < -0.39 is 0 Å². The van der Waals surface area contributed by atoms with Crippen LogP contribution in [0.1, 0.15) is 32.6 Å². The van der Waals surface area contributed by atoms with E-state index in [2.05, 4.69) is 33.1 Å². The second-order valence-electron chi connectivity index (χ2n) is 5.99. The van der Waals surface area contributed by atoms with Crippen molar-refractivity contribution >= 4 is 11.4 Å². The van der Waals surface area contributed by atoms with Crippen molar-refractivity contribution in [2.24, 2.45) is 0 Å². The van der Waals surface area contributed by atoms with Crippen molar-refractivity contribution in [3.63, 3.8) is 0 Å². The van der Waals surface area contributed by atoms with Gasteiger partial charge in [0.25, 0.3) is 0 Å². The van der Waals surface area contributed by atoms with Gasteiger partial charge < -0.3 is 10.2 Å². The molecule has 1 atom stereocenters. The van der Waals surface area contributed by atoms with E-state index in [4.69, 9.17) is 0 Å². The molecule has 0 aromatic carbocycles. The number of hydrogen-bond donors (Lipinski definition) is 1. The molecule has 2 aliphatic rings. The first-order valence-corrected chi connectivity index (χ1v) is 8.04. The maximum Gasteiger partial charge on any atom is 0.0574 e. The van der Waals surface area contributed by atoms with Gasteiger partial charge >= 0.3 is 0 Å². The van der Waals surface area contributed by atoms with Crippen LogP contribution in [0.4, 0.5) is 11.4 Å². The largest absolute Gasteiger partial charge is 0.384 e. The summed E-state index contributed by atoms with van der Waals surface area (Å²) >= 11 is 0. The summed E-state index contributed by atoms with van der Waals surface area (Å²) in [5, 5.41) is 3.42. The Morgan fingerprint density at radius 2 is 2.10 bits per heavy atom. The molecule has 3 rings (SSSR count). The second kappa shape index (κ2) is 6.44. The highest BCUT2D eigenvalue weighted by Crippen LogP contribution is 2.26. The normalized spacial score (nSPS) is 23.4. The van der Waals surface area contributed by atoms with Crippen LogP contribution in [0.15, 0.2) is 18.5 Å². The van der Waals surface area contributed by atoms with E-state index in [-0.39, 0.29) is 0 Å². The number of pyridine rings is 1. The lowest BCUT2D eigenvalue weighted by molar-refractivity contribution is 0.260. The number of aromatic nitrogens is 1. The Morgan fingerprint density at radius 1 is 1.25 bits per heavy atom. The van der Waals surface area contributed by atoms with Crippen molar-refractivity contribution < 1.29 is 0 Å². The zero-order valence-corrected chi connectivity index (χ0v) is 12.5. The first-order chi connectivity index (χ1) is 9.86. The smallest absolute Gasteiger partial charge is 0.0574 e. The molecule has 0 amide bonds. The van der Waals surface area contributed by atoms with Gasteiger partial charge in [-0.3, -0.25) is 9.88 Å². The van der Waals surface area contributed by atoms with Crippen LogP contribution in [0.3, 0.4) is 0 Å². The van der Waals surface area contributed by atoms with Crippen LogP contribution in [-0.2, 0) is 0 Å². The molecule has 2 fully saturated rings. The monoisotopic (exact) mass is 274 g/mol. The number of rotatable bonds is 5. The van der Waals surface area contributed by atoms with Gasteiger partial charge in [0, 0.05) is 25.7 Å². The SMILES string of the molecule is CCCNc1cncc(N2CCC(N3CCCC3)C2)c1. The molecule has 0 saturated carbocycles. The molecular formula is C16H26N4. The number of anilines is 2. The molecule has 0 bridgehead atoms. The Kier molecular flexibility index (Phi) is 4.41. The average Bonchev–Trinajstić information content (AvgIpc) is 3.15. The standard InChI is InChI=1S/C16H26N4/c1-2-6-18-14-10-16(12-17-11-14)20-9-5-15(13-20)19-7-3-4-8-19/h10-12,15,18H,2-9,13H2,1H3. The molecule has 0 spiro atoms. The van der Waals surface area contributed by atoms with Crippen molar-refractivity contribution in [1.29, 1.82) is 0 Å². The van der Waals surface area contributed by atoms with Crippen molar-refractivity contribution in [1.82, 2.24) is 9.88 Å². The molecule has 110 valence electrons. The van der Waals surface area contributed by atoms with Crippen LogP contribution < -0.4 is 10.2 Å². The van der Waals surface area contributed by atoms with Gasteiger partial charge in [-0.25, -0.2) is 0 Å². The molecule has 0 radical (unpaired) electrons. The lowest BCUT2D eigenvalue weighted by Crippen LogP contribution is -2.35. The van der Waals surface area contributed by atoms with E-state index in [0.717, 1.165) is 24.7 Å². The molecule has 1 aromatic heterocycles. The van der Waals surface area contributed by atoms with Gasteiger partial charge in [0.05, 0.1) is 23.8 Å². The Morgan fingerprint density at radius 3 is 2.90 bits per heavy atom. The number of nitrogens with zero attached hydrogens (tertiary/aromatic N) is 3. The van der Waals surface area contributed by atoms with Crippen molar-refractivity contribution in [2.75, 3.05) is 42.9 Å². The highest BCUT2D eigenvalue weighted by atomic mass is 15.3. The number of likely N-dealkylation sites (tertiary alicyclic amines) is 1. The molecule has 4 heteroatoms. The van der Waals surface area contributed by atoms with Crippen molar-refractivity contribution in [3.8, 4) is 0 Å². The van der Waals surface area contributed by atoms with Crippen LogP contribution in [-0.4, -0.2) is 48.6 Å². The average molecular weight is 274 g/mol.